The molecule has 1 N–H and O–H groups in total. The lowest BCUT2D eigenvalue weighted by molar-refractivity contribution is 0.245. The van der Waals surface area contributed by atoms with Crippen LogP contribution in [0.2, 0.25) is 0 Å². The zero-order chi connectivity index (χ0) is 30.1. The van der Waals surface area contributed by atoms with Gasteiger partial charge in [0, 0.05) is 28.3 Å². The van der Waals surface area contributed by atoms with Crippen LogP contribution in [0, 0.1) is 5.82 Å². The summed E-state index contributed by atoms with van der Waals surface area (Å²) < 4.78 is 45.9. The number of fused-ring (bicyclic) bond motifs is 2. The van der Waals surface area contributed by atoms with E-state index in [1.54, 1.807) is 12.3 Å². The highest BCUT2D eigenvalue weighted by Gasteiger charge is 2.24. The predicted octanol–water partition coefficient (Wildman–Crippen LogP) is 6.21. The summed E-state index contributed by atoms with van der Waals surface area (Å²) in [6.45, 7) is 3.12. The third-order valence-electron chi connectivity index (χ3n) is 7.49. The third-order valence-corrected chi connectivity index (χ3v) is 8.41. The second-order valence-electron chi connectivity index (χ2n) is 10.7. The van der Waals surface area contributed by atoms with E-state index in [-0.39, 0.29) is 17.6 Å². The van der Waals surface area contributed by atoms with Crippen molar-refractivity contribution in [1.82, 2.24) is 24.6 Å². The number of rotatable bonds is 10. The number of aromatic nitrogens is 4. The minimum absolute atomic E-state index is 0.0298. The molecule has 0 saturated carbocycles. The van der Waals surface area contributed by atoms with Gasteiger partial charge in [-0.15, -0.1) is 0 Å². The van der Waals surface area contributed by atoms with Gasteiger partial charge in [-0.3, -0.25) is 9.58 Å². The zero-order valence-corrected chi connectivity index (χ0v) is 24.8. The molecule has 0 radical (unpaired) electrons. The van der Waals surface area contributed by atoms with Gasteiger partial charge in [-0.05, 0) is 79.8 Å². The van der Waals surface area contributed by atoms with Gasteiger partial charge in [-0.2, -0.15) is 5.10 Å². The highest BCUT2D eigenvalue weighted by Crippen LogP contribution is 2.33. The molecule has 0 spiro atoms. The molecule has 3 aromatic heterocycles. The van der Waals surface area contributed by atoms with Crippen LogP contribution in [0.25, 0.3) is 33.1 Å². The van der Waals surface area contributed by atoms with Crippen LogP contribution in [0.3, 0.4) is 0 Å². The Hall–Kier alpha value is -4.61. The van der Waals surface area contributed by atoms with Gasteiger partial charge in [0.25, 0.3) is 0 Å². The van der Waals surface area contributed by atoms with Crippen LogP contribution in [0.4, 0.5) is 15.9 Å². The molecule has 0 saturated heterocycles. The number of benzene rings is 3. The van der Waals surface area contributed by atoms with Crippen molar-refractivity contribution in [2.75, 3.05) is 30.9 Å². The van der Waals surface area contributed by atoms with Gasteiger partial charge in [-0.1, -0.05) is 19.1 Å². The van der Waals surface area contributed by atoms with Gasteiger partial charge in [0.2, 0.25) is 0 Å². The second kappa shape index (κ2) is 11.6. The van der Waals surface area contributed by atoms with Crippen LogP contribution >= 0.6 is 0 Å². The number of nitrogens with one attached hydrogen (secondary N) is 1. The lowest BCUT2D eigenvalue weighted by Crippen LogP contribution is -2.29. The van der Waals surface area contributed by atoms with Gasteiger partial charge < -0.3 is 9.73 Å². The van der Waals surface area contributed by atoms with Crippen molar-refractivity contribution in [3.8, 4) is 11.3 Å². The molecule has 9 nitrogen and oxygen atoms in total. The summed E-state index contributed by atoms with van der Waals surface area (Å²) in [5.41, 5.74) is 4.18. The highest BCUT2D eigenvalue weighted by atomic mass is 32.2. The Kier molecular flexibility index (Phi) is 7.68. The molecule has 6 aromatic rings. The molecule has 0 unspecified atom stereocenters. The molecule has 11 heteroatoms. The van der Waals surface area contributed by atoms with Gasteiger partial charge in [-0.25, -0.2) is 22.8 Å². The van der Waals surface area contributed by atoms with E-state index in [0.29, 0.717) is 30.4 Å². The van der Waals surface area contributed by atoms with Crippen molar-refractivity contribution in [3.63, 3.8) is 0 Å². The van der Waals surface area contributed by atoms with Crippen LogP contribution in [-0.4, -0.2) is 58.7 Å². The number of nitrogens with zero attached hydrogens (tertiary/aromatic N) is 5. The molecule has 0 aliphatic carbocycles. The van der Waals surface area contributed by atoms with Crippen molar-refractivity contribution in [1.29, 1.82) is 0 Å². The fraction of sp³-hybridized carbons (Fsp3) is 0.219. The van der Waals surface area contributed by atoms with E-state index in [0.717, 1.165) is 38.6 Å². The van der Waals surface area contributed by atoms with Crippen molar-refractivity contribution in [2.45, 2.75) is 19.5 Å². The van der Waals surface area contributed by atoms with Crippen molar-refractivity contribution in [2.24, 2.45) is 0 Å². The first-order chi connectivity index (χ1) is 20.7. The molecule has 1 atom stereocenters. The Morgan fingerprint density at radius 2 is 1.91 bits per heavy atom. The smallest absolute Gasteiger partial charge is 0.149 e. The number of anilines is 2. The monoisotopic (exact) mass is 598 g/mol. The van der Waals surface area contributed by atoms with E-state index in [9.17, 15) is 12.8 Å². The summed E-state index contributed by atoms with van der Waals surface area (Å²) in [5.74, 6) is 1.55. The molecule has 0 amide bonds. The summed E-state index contributed by atoms with van der Waals surface area (Å²) >= 11 is 0. The largest absolute Gasteiger partial charge is 0.459 e. The normalized spacial score (nSPS) is 12.8. The maximum Gasteiger partial charge on any atom is 0.149 e. The highest BCUT2D eigenvalue weighted by molar-refractivity contribution is 7.90. The molecule has 0 fully saturated rings. The second-order valence-corrected chi connectivity index (χ2v) is 12.9. The fourth-order valence-electron chi connectivity index (χ4n) is 5.17. The predicted molar refractivity (Wildman–Crippen MR) is 167 cm³/mol. The SMILES string of the molecule is CCN(C)[C@H](CS(C)(=O)=O)c1ccc(-c2ccc3ncnc(Nc4ccc5c(cnn5Cc5cccc(F)c5)c4)c3c2)o1. The summed E-state index contributed by atoms with van der Waals surface area (Å²) in [6.07, 6.45) is 4.54. The van der Waals surface area contributed by atoms with Crippen molar-refractivity contribution >= 4 is 43.1 Å². The van der Waals surface area contributed by atoms with Crippen LogP contribution in [0.1, 0.15) is 24.3 Å². The molecule has 3 heterocycles. The molecule has 43 heavy (non-hydrogen) atoms. The summed E-state index contributed by atoms with van der Waals surface area (Å²) in [5, 5.41) is 9.66. The number of hydrogen-bond donors (Lipinski definition) is 1. The number of furan rings is 1. The minimum Gasteiger partial charge on any atom is -0.459 e. The first-order valence-electron chi connectivity index (χ1n) is 13.9. The van der Waals surface area contributed by atoms with E-state index in [2.05, 4.69) is 20.4 Å². The van der Waals surface area contributed by atoms with Crippen molar-refractivity contribution in [3.05, 3.63) is 102 Å². The minimum atomic E-state index is -3.22. The molecule has 3 aromatic carbocycles. The fourth-order valence-corrected chi connectivity index (χ4v) is 6.16. The topological polar surface area (TPSA) is 106 Å². The van der Waals surface area contributed by atoms with E-state index < -0.39 is 9.84 Å². The van der Waals surface area contributed by atoms with Crippen LogP contribution in [0.15, 0.2) is 89.7 Å². The summed E-state index contributed by atoms with van der Waals surface area (Å²) in [7, 11) is -1.34. The zero-order valence-electron chi connectivity index (χ0n) is 24.0. The molecule has 0 aliphatic heterocycles. The number of sulfone groups is 1. The number of hydrogen-bond acceptors (Lipinski definition) is 8. The average Bonchev–Trinajstić information content (AvgIpc) is 3.63. The maximum atomic E-state index is 13.7. The lowest BCUT2D eigenvalue weighted by Gasteiger charge is -2.24. The van der Waals surface area contributed by atoms with Gasteiger partial charge >= 0.3 is 0 Å². The van der Waals surface area contributed by atoms with E-state index in [1.807, 2.05) is 78.2 Å². The van der Waals surface area contributed by atoms with E-state index in [4.69, 9.17) is 4.42 Å². The van der Waals surface area contributed by atoms with Gasteiger partial charge in [0.15, 0.2) is 0 Å². The first-order valence-corrected chi connectivity index (χ1v) is 15.9. The Morgan fingerprint density at radius 1 is 1.05 bits per heavy atom. The maximum absolute atomic E-state index is 13.7. The van der Waals surface area contributed by atoms with Gasteiger partial charge in [0.1, 0.15) is 39.3 Å². The van der Waals surface area contributed by atoms with Crippen LogP contribution in [-0.2, 0) is 16.4 Å². The Bertz CT molecular complexity index is 2040. The Balaban J connectivity index is 1.28. The third kappa shape index (κ3) is 6.27. The molecule has 0 aliphatic rings. The van der Waals surface area contributed by atoms with E-state index in [1.165, 1.54) is 24.7 Å². The van der Waals surface area contributed by atoms with Crippen LogP contribution in [0.5, 0.6) is 0 Å². The quantitative estimate of drug-likeness (QED) is 0.199. The van der Waals surface area contributed by atoms with Crippen LogP contribution < -0.4 is 5.32 Å². The lowest BCUT2D eigenvalue weighted by atomic mass is 10.1. The van der Waals surface area contributed by atoms with E-state index >= 15 is 0 Å². The molecule has 220 valence electrons. The number of halogens is 1. The average molecular weight is 599 g/mol. The Morgan fingerprint density at radius 3 is 2.70 bits per heavy atom. The standard InChI is InChI=1S/C32H31FN6O3S/c1-4-38(2)29(19-43(3,40)41)31-13-12-30(42-31)22-8-10-27-26(16-22)32(35-20-34-27)37-25-9-11-28-23(15-25)17-36-39(28)18-21-6-5-7-24(33)14-21/h5-17,20,29H,4,18-19H2,1-3H3,(H,34,35,37)/t29-/m1/s1. The Labute approximate surface area is 248 Å². The molecule has 6 rings (SSSR count). The van der Waals surface area contributed by atoms with Gasteiger partial charge in [0.05, 0.1) is 35.6 Å². The first kappa shape index (κ1) is 28.5. The molecule has 0 bridgehead atoms. The summed E-state index contributed by atoms with van der Waals surface area (Å²) in [6, 6.07) is 21.6. The molecular weight excluding hydrogens is 567 g/mol. The summed E-state index contributed by atoms with van der Waals surface area (Å²) in [4.78, 5) is 10.9. The molecular formula is C32H31FN6O3S. The van der Waals surface area contributed by atoms with Crippen molar-refractivity contribution < 1.29 is 17.2 Å².